The molecule has 0 aliphatic heterocycles. The van der Waals surface area contributed by atoms with Gasteiger partial charge in [-0.25, -0.2) is 17.9 Å². The number of nitrogens with zero attached hydrogens (tertiary/aromatic N) is 1. The maximum absolute atomic E-state index is 12.3. The van der Waals surface area contributed by atoms with E-state index in [1.165, 1.54) is 7.11 Å². The van der Waals surface area contributed by atoms with Crippen LogP contribution in [0.3, 0.4) is 0 Å². The van der Waals surface area contributed by atoms with Crippen LogP contribution in [-0.2, 0) is 27.6 Å². The van der Waals surface area contributed by atoms with Gasteiger partial charge in [0.25, 0.3) is 0 Å². The SMILES string of the molecule is C=CS(=O)(=O)NCCc1c(CCOc2ccc(C(=O)OC)cc2)c2cc(Cl)ccc2n1C(c1ccccc1)c1ccccc1. The molecule has 0 radical (unpaired) electrons. The van der Waals surface area contributed by atoms with Crippen molar-refractivity contribution in [1.82, 2.24) is 9.29 Å². The summed E-state index contributed by atoms with van der Waals surface area (Å²) in [5, 5.41) is 2.49. The fraction of sp³-hybridized carbons (Fsp3) is 0.171. The number of ether oxygens (including phenoxy) is 2. The van der Waals surface area contributed by atoms with Crippen molar-refractivity contribution in [3.63, 3.8) is 0 Å². The van der Waals surface area contributed by atoms with Crippen LogP contribution in [0.15, 0.2) is 115 Å². The number of methoxy groups -OCH3 is 1. The molecule has 0 saturated heterocycles. The van der Waals surface area contributed by atoms with Gasteiger partial charge in [-0.1, -0.05) is 78.8 Å². The van der Waals surface area contributed by atoms with Crippen molar-refractivity contribution < 1.29 is 22.7 Å². The van der Waals surface area contributed by atoms with E-state index in [0.29, 0.717) is 35.8 Å². The monoisotopic (exact) mass is 628 g/mol. The summed E-state index contributed by atoms with van der Waals surface area (Å²) < 4.78 is 40.3. The lowest BCUT2D eigenvalue weighted by Gasteiger charge is -2.25. The zero-order chi connectivity index (χ0) is 31.1. The zero-order valence-corrected chi connectivity index (χ0v) is 25.9. The minimum absolute atomic E-state index is 0.178. The first-order valence-corrected chi connectivity index (χ1v) is 16.1. The number of rotatable bonds is 13. The number of fused-ring (bicyclic) bond motifs is 1. The first-order valence-electron chi connectivity index (χ1n) is 14.2. The quantitative estimate of drug-likeness (QED) is 0.143. The van der Waals surface area contributed by atoms with Crippen molar-refractivity contribution in [2.75, 3.05) is 20.3 Å². The van der Waals surface area contributed by atoms with E-state index >= 15 is 0 Å². The van der Waals surface area contributed by atoms with E-state index in [1.807, 2.05) is 54.6 Å². The molecule has 7 nitrogen and oxygen atoms in total. The van der Waals surface area contributed by atoms with Crippen molar-refractivity contribution in [1.29, 1.82) is 0 Å². The van der Waals surface area contributed by atoms with Gasteiger partial charge in [0.2, 0.25) is 10.0 Å². The highest BCUT2D eigenvalue weighted by Gasteiger charge is 2.25. The fourth-order valence-corrected chi connectivity index (χ4v) is 6.14. The Hall–Kier alpha value is -4.37. The van der Waals surface area contributed by atoms with Crippen LogP contribution in [0.1, 0.15) is 38.8 Å². The second-order valence-electron chi connectivity index (χ2n) is 10.2. The Morgan fingerprint density at radius 3 is 2.16 bits per heavy atom. The first-order chi connectivity index (χ1) is 21.3. The number of hydrogen-bond acceptors (Lipinski definition) is 5. The second-order valence-corrected chi connectivity index (χ2v) is 12.3. The molecular formula is C35H33ClN2O5S. The smallest absolute Gasteiger partial charge is 0.337 e. The Bertz CT molecular complexity index is 1820. The number of hydrogen-bond donors (Lipinski definition) is 1. The van der Waals surface area contributed by atoms with E-state index in [9.17, 15) is 13.2 Å². The molecule has 1 aromatic heterocycles. The van der Waals surface area contributed by atoms with Crippen LogP contribution in [0.4, 0.5) is 0 Å². The van der Waals surface area contributed by atoms with Gasteiger partial charge in [0.15, 0.2) is 0 Å². The number of nitrogens with one attached hydrogen (secondary N) is 1. The highest BCUT2D eigenvalue weighted by atomic mass is 35.5. The highest BCUT2D eigenvalue weighted by Crippen LogP contribution is 2.37. The number of benzene rings is 4. The Kier molecular flexibility index (Phi) is 9.85. The maximum atomic E-state index is 12.3. The van der Waals surface area contributed by atoms with Gasteiger partial charge in [-0.3, -0.25) is 0 Å². The van der Waals surface area contributed by atoms with E-state index in [4.69, 9.17) is 21.1 Å². The largest absolute Gasteiger partial charge is 0.493 e. The summed E-state index contributed by atoms with van der Waals surface area (Å²) in [5.74, 6) is 0.204. The third-order valence-corrected chi connectivity index (χ3v) is 8.73. The summed E-state index contributed by atoms with van der Waals surface area (Å²) in [5.41, 5.74) is 5.58. The van der Waals surface area contributed by atoms with Crippen molar-refractivity contribution in [3.8, 4) is 5.75 Å². The van der Waals surface area contributed by atoms with Crippen molar-refractivity contribution >= 4 is 38.5 Å². The Balaban J connectivity index is 1.60. The summed E-state index contributed by atoms with van der Waals surface area (Å²) in [4.78, 5) is 11.8. The molecule has 0 atom stereocenters. The molecule has 0 aliphatic carbocycles. The molecule has 5 rings (SSSR count). The predicted octanol–water partition coefficient (Wildman–Crippen LogP) is 6.95. The number of esters is 1. The third-order valence-electron chi connectivity index (χ3n) is 7.45. The van der Waals surface area contributed by atoms with Gasteiger partial charge >= 0.3 is 5.97 Å². The van der Waals surface area contributed by atoms with E-state index in [2.05, 4.69) is 40.1 Å². The van der Waals surface area contributed by atoms with Gasteiger partial charge in [0.05, 0.1) is 25.3 Å². The average molecular weight is 629 g/mol. The molecule has 0 aliphatic rings. The molecule has 9 heteroatoms. The molecule has 0 bridgehead atoms. The summed E-state index contributed by atoms with van der Waals surface area (Å²) in [6.07, 6.45) is 0.946. The molecule has 0 fully saturated rings. The number of aromatic nitrogens is 1. The number of halogens is 1. The Morgan fingerprint density at radius 2 is 1.57 bits per heavy atom. The molecule has 5 aromatic rings. The average Bonchev–Trinajstić information content (AvgIpc) is 3.33. The molecule has 1 N–H and O–H groups in total. The number of carbonyl (C=O) groups is 1. The van der Waals surface area contributed by atoms with E-state index in [-0.39, 0.29) is 12.6 Å². The first kappa shape index (κ1) is 31.1. The molecule has 4 aromatic carbocycles. The van der Waals surface area contributed by atoms with Crippen LogP contribution in [0.25, 0.3) is 10.9 Å². The van der Waals surface area contributed by atoms with Crippen LogP contribution in [0.2, 0.25) is 5.02 Å². The third kappa shape index (κ3) is 7.05. The summed E-state index contributed by atoms with van der Waals surface area (Å²) in [6, 6.07) is 32.9. The Labute approximate surface area is 262 Å². The van der Waals surface area contributed by atoms with Gasteiger partial charge in [0.1, 0.15) is 5.75 Å². The molecule has 0 spiro atoms. The lowest BCUT2D eigenvalue weighted by Crippen LogP contribution is -2.25. The molecular weight excluding hydrogens is 596 g/mol. The zero-order valence-electron chi connectivity index (χ0n) is 24.3. The summed E-state index contributed by atoms with van der Waals surface area (Å²) >= 11 is 6.55. The molecule has 1 heterocycles. The van der Waals surface area contributed by atoms with Crippen molar-refractivity contribution in [3.05, 3.63) is 148 Å². The van der Waals surface area contributed by atoms with E-state index in [1.54, 1.807) is 24.3 Å². The second kappa shape index (κ2) is 13.9. The Morgan fingerprint density at radius 1 is 0.932 bits per heavy atom. The van der Waals surface area contributed by atoms with Crippen LogP contribution in [0, 0.1) is 0 Å². The van der Waals surface area contributed by atoms with Crippen LogP contribution < -0.4 is 9.46 Å². The number of sulfonamides is 1. The van der Waals surface area contributed by atoms with E-state index in [0.717, 1.165) is 38.7 Å². The van der Waals surface area contributed by atoms with Crippen molar-refractivity contribution in [2.45, 2.75) is 18.9 Å². The van der Waals surface area contributed by atoms with Gasteiger partial charge in [0, 0.05) is 46.4 Å². The molecule has 226 valence electrons. The highest BCUT2D eigenvalue weighted by molar-refractivity contribution is 7.92. The van der Waals surface area contributed by atoms with Gasteiger partial charge < -0.3 is 14.0 Å². The van der Waals surface area contributed by atoms with Crippen molar-refractivity contribution in [2.24, 2.45) is 0 Å². The van der Waals surface area contributed by atoms with Gasteiger partial charge in [-0.2, -0.15) is 0 Å². The van der Waals surface area contributed by atoms with Gasteiger partial charge in [-0.05, 0) is 59.2 Å². The standard InChI is InChI=1S/C35H33ClN2O5S/c1-3-44(40,41)37-22-20-33-30(21-23-43-29-17-14-27(15-18-29)35(39)42-2)31-24-28(36)16-19-32(31)38(33)34(25-10-6-4-7-11-25)26-12-8-5-9-13-26/h3-19,24,34,37H,1,20-23H2,2H3. The molecule has 0 amide bonds. The fourth-order valence-electron chi connectivity index (χ4n) is 5.46. The lowest BCUT2D eigenvalue weighted by atomic mass is 9.97. The lowest BCUT2D eigenvalue weighted by molar-refractivity contribution is 0.0600. The predicted molar refractivity (Wildman–Crippen MR) is 175 cm³/mol. The summed E-state index contributed by atoms with van der Waals surface area (Å²) in [6.45, 7) is 3.94. The molecule has 0 saturated carbocycles. The maximum Gasteiger partial charge on any atom is 0.337 e. The molecule has 0 unspecified atom stereocenters. The van der Waals surface area contributed by atoms with Gasteiger partial charge in [-0.15, -0.1) is 0 Å². The normalized spacial score (nSPS) is 11.5. The topological polar surface area (TPSA) is 86.6 Å². The van der Waals surface area contributed by atoms with Crippen LogP contribution >= 0.6 is 11.6 Å². The van der Waals surface area contributed by atoms with Crippen LogP contribution in [-0.4, -0.2) is 39.2 Å². The number of carbonyl (C=O) groups excluding carboxylic acids is 1. The minimum Gasteiger partial charge on any atom is -0.493 e. The van der Waals surface area contributed by atoms with Crippen LogP contribution in [0.5, 0.6) is 5.75 Å². The minimum atomic E-state index is -3.62. The van der Waals surface area contributed by atoms with E-state index < -0.39 is 16.0 Å². The summed E-state index contributed by atoms with van der Waals surface area (Å²) in [7, 11) is -2.27. The molecule has 44 heavy (non-hydrogen) atoms.